The van der Waals surface area contributed by atoms with Gasteiger partial charge in [0.05, 0.1) is 23.3 Å². The Morgan fingerprint density at radius 2 is 1.81 bits per heavy atom. The first-order valence-electron chi connectivity index (χ1n) is 9.76. The van der Waals surface area contributed by atoms with E-state index in [1.165, 1.54) is 12.1 Å². The van der Waals surface area contributed by atoms with Crippen molar-refractivity contribution < 1.29 is 9.18 Å². The van der Waals surface area contributed by atoms with E-state index in [1.54, 1.807) is 29.1 Å². The average molecular weight is 482 g/mol. The fourth-order valence-electron chi connectivity index (χ4n) is 3.34. The molecular weight excluding hydrogens is 461 g/mol. The van der Waals surface area contributed by atoms with Crippen molar-refractivity contribution in [2.45, 2.75) is 26.9 Å². The van der Waals surface area contributed by atoms with Crippen LogP contribution in [0.3, 0.4) is 0 Å². The van der Waals surface area contributed by atoms with Gasteiger partial charge in [0.25, 0.3) is 5.91 Å². The smallest absolute Gasteiger partial charge is 0.256 e. The molecule has 4 rings (SSSR count). The minimum Gasteiger partial charge on any atom is -0.304 e. The van der Waals surface area contributed by atoms with Crippen LogP contribution in [0.2, 0.25) is 0 Å². The minimum absolute atomic E-state index is 0.247. The maximum atomic E-state index is 13.1. The summed E-state index contributed by atoms with van der Waals surface area (Å²) in [5, 5.41) is 11.8. The molecule has 0 unspecified atom stereocenters. The number of carbonyl (C=O) groups is 1. The van der Waals surface area contributed by atoms with Gasteiger partial charge >= 0.3 is 0 Å². The van der Waals surface area contributed by atoms with Crippen LogP contribution in [-0.2, 0) is 13.1 Å². The van der Waals surface area contributed by atoms with Crippen molar-refractivity contribution in [1.29, 1.82) is 0 Å². The second kappa shape index (κ2) is 8.85. The maximum absolute atomic E-state index is 13.1. The van der Waals surface area contributed by atoms with Gasteiger partial charge in [-0.2, -0.15) is 10.2 Å². The predicted octanol–water partition coefficient (Wildman–Crippen LogP) is 4.95. The molecule has 2 aromatic carbocycles. The van der Waals surface area contributed by atoms with E-state index in [0.29, 0.717) is 28.9 Å². The molecular formula is C23H21BrFN5O. The first-order valence-corrected chi connectivity index (χ1v) is 10.6. The molecule has 6 nitrogen and oxygen atoms in total. The second-order valence-electron chi connectivity index (χ2n) is 7.39. The van der Waals surface area contributed by atoms with E-state index >= 15 is 0 Å². The number of anilines is 1. The van der Waals surface area contributed by atoms with E-state index in [9.17, 15) is 9.18 Å². The Morgan fingerprint density at radius 1 is 1.03 bits per heavy atom. The number of aryl methyl sites for hydroxylation is 2. The SMILES string of the molecule is Cc1cc(C)n(Cc2cccc(C(=O)Nc3nn(Cc4ccc(F)cc4)cc3Br)c2)n1. The van der Waals surface area contributed by atoms with E-state index in [0.717, 1.165) is 22.5 Å². The number of nitrogens with zero attached hydrogens (tertiary/aromatic N) is 4. The van der Waals surface area contributed by atoms with Crippen molar-refractivity contribution >= 4 is 27.7 Å². The average Bonchev–Trinajstić information content (AvgIpc) is 3.24. The third kappa shape index (κ3) is 5.08. The highest BCUT2D eigenvalue weighted by Crippen LogP contribution is 2.22. The normalized spacial score (nSPS) is 11.0. The van der Waals surface area contributed by atoms with Crippen molar-refractivity contribution in [3.8, 4) is 0 Å². The lowest BCUT2D eigenvalue weighted by Crippen LogP contribution is -2.14. The van der Waals surface area contributed by atoms with Gasteiger partial charge in [0.1, 0.15) is 5.82 Å². The van der Waals surface area contributed by atoms with Gasteiger partial charge in [-0.25, -0.2) is 4.39 Å². The third-order valence-electron chi connectivity index (χ3n) is 4.83. The molecule has 8 heteroatoms. The first-order chi connectivity index (χ1) is 14.9. The zero-order valence-corrected chi connectivity index (χ0v) is 18.7. The van der Waals surface area contributed by atoms with Gasteiger partial charge in [-0.05, 0) is 71.2 Å². The van der Waals surface area contributed by atoms with Crippen molar-refractivity contribution in [3.63, 3.8) is 0 Å². The van der Waals surface area contributed by atoms with Crippen LogP contribution in [0.5, 0.6) is 0 Å². The van der Waals surface area contributed by atoms with Crippen molar-refractivity contribution in [3.05, 3.63) is 99.2 Å². The van der Waals surface area contributed by atoms with Crippen LogP contribution < -0.4 is 5.32 Å². The van der Waals surface area contributed by atoms with E-state index in [4.69, 9.17) is 0 Å². The van der Waals surface area contributed by atoms with Gasteiger partial charge in [-0.1, -0.05) is 24.3 Å². The molecule has 0 aliphatic carbocycles. The lowest BCUT2D eigenvalue weighted by atomic mass is 10.1. The Kier molecular flexibility index (Phi) is 5.99. The molecule has 158 valence electrons. The van der Waals surface area contributed by atoms with Gasteiger partial charge < -0.3 is 5.32 Å². The molecule has 4 aromatic rings. The highest BCUT2D eigenvalue weighted by Gasteiger charge is 2.13. The summed E-state index contributed by atoms with van der Waals surface area (Å²) in [5.41, 5.74) is 4.47. The fourth-order valence-corrected chi connectivity index (χ4v) is 3.75. The van der Waals surface area contributed by atoms with Gasteiger partial charge in [-0.3, -0.25) is 14.2 Å². The van der Waals surface area contributed by atoms with Gasteiger partial charge in [0.2, 0.25) is 0 Å². The molecule has 2 aromatic heterocycles. The number of hydrogen-bond donors (Lipinski definition) is 1. The zero-order chi connectivity index (χ0) is 22.0. The summed E-state index contributed by atoms with van der Waals surface area (Å²) in [7, 11) is 0. The Morgan fingerprint density at radius 3 is 2.52 bits per heavy atom. The molecule has 0 atom stereocenters. The number of carbonyl (C=O) groups excluding carboxylic acids is 1. The second-order valence-corrected chi connectivity index (χ2v) is 8.24. The summed E-state index contributed by atoms with van der Waals surface area (Å²) in [6, 6.07) is 15.7. The van der Waals surface area contributed by atoms with Crippen LogP contribution in [-0.4, -0.2) is 25.5 Å². The summed E-state index contributed by atoms with van der Waals surface area (Å²) in [6.45, 7) is 5.03. The Hall–Kier alpha value is -3.26. The number of amides is 1. The maximum Gasteiger partial charge on any atom is 0.256 e. The first kappa shape index (κ1) is 21.0. The van der Waals surface area contributed by atoms with Crippen molar-refractivity contribution in [2.24, 2.45) is 0 Å². The van der Waals surface area contributed by atoms with Crippen LogP contribution in [0, 0.1) is 19.7 Å². The lowest BCUT2D eigenvalue weighted by Gasteiger charge is -2.08. The summed E-state index contributed by atoms with van der Waals surface area (Å²) in [5.74, 6) is -0.0996. The molecule has 0 bridgehead atoms. The zero-order valence-electron chi connectivity index (χ0n) is 17.1. The highest BCUT2D eigenvalue weighted by molar-refractivity contribution is 9.10. The largest absolute Gasteiger partial charge is 0.304 e. The number of halogens is 2. The van der Waals surface area contributed by atoms with Crippen LogP contribution >= 0.6 is 15.9 Å². The quantitative estimate of drug-likeness (QED) is 0.423. The summed E-state index contributed by atoms with van der Waals surface area (Å²) < 4.78 is 17.4. The Balaban J connectivity index is 1.46. The predicted molar refractivity (Wildman–Crippen MR) is 121 cm³/mol. The monoisotopic (exact) mass is 481 g/mol. The summed E-state index contributed by atoms with van der Waals surface area (Å²) in [6.07, 6.45) is 1.78. The standard InChI is InChI=1S/C23H21BrFN5O/c1-15-10-16(2)30(27-15)13-18-4-3-5-19(11-18)23(31)26-22-21(24)14-29(28-22)12-17-6-8-20(25)9-7-17/h3-11,14H,12-13H2,1-2H3,(H,26,28,31). The van der Waals surface area contributed by atoms with Crippen molar-refractivity contribution in [1.82, 2.24) is 19.6 Å². The number of aromatic nitrogens is 4. The van der Waals surface area contributed by atoms with E-state index in [-0.39, 0.29) is 11.7 Å². The molecule has 0 radical (unpaired) electrons. The van der Waals surface area contributed by atoms with Crippen LogP contribution in [0.25, 0.3) is 0 Å². The minimum atomic E-state index is -0.279. The molecule has 0 saturated carbocycles. The van der Waals surface area contributed by atoms with Gasteiger partial charge in [0.15, 0.2) is 5.82 Å². The molecule has 0 aliphatic rings. The highest BCUT2D eigenvalue weighted by atomic mass is 79.9. The number of benzene rings is 2. The molecule has 0 fully saturated rings. The number of nitrogens with one attached hydrogen (secondary N) is 1. The lowest BCUT2D eigenvalue weighted by molar-refractivity contribution is 0.102. The number of hydrogen-bond acceptors (Lipinski definition) is 3. The van der Waals surface area contributed by atoms with Crippen LogP contribution in [0.15, 0.2) is 65.3 Å². The molecule has 1 amide bonds. The van der Waals surface area contributed by atoms with Crippen LogP contribution in [0.1, 0.15) is 32.9 Å². The number of rotatable bonds is 6. The summed E-state index contributed by atoms with van der Waals surface area (Å²) >= 11 is 3.44. The van der Waals surface area contributed by atoms with E-state index in [2.05, 4.69) is 31.4 Å². The molecule has 31 heavy (non-hydrogen) atoms. The van der Waals surface area contributed by atoms with Gasteiger partial charge in [-0.15, -0.1) is 0 Å². The Labute approximate surface area is 187 Å². The Bertz CT molecular complexity index is 1230. The molecule has 0 saturated heterocycles. The fraction of sp³-hybridized carbons (Fsp3) is 0.174. The van der Waals surface area contributed by atoms with Crippen LogP contribution in [0.4, 0.5) is 10.2 Å². The molecule has 0 spiro atoms. The molecule has 1 N–H and O–H groups in total. The van der Waals surface area contributed by atoms with Crippen molar-refractivity contribution in [2.75, 3.05) is 5.32 Å². The van der Waals surface area contributed by atoms with Gasteiger partial charge in [0, 0.05) is 17.5 Å². The molecule has 0 aliphatic heterocycles. The topological polar surface area (TPSA) is 64.7 Å². The molecule has 2 heterocycles. The van der Waals surface area contributed by atoms with E-state index in [1.807, 2.05) is 42.8 Å². The third-order valence-corrected chi connectivity index (χ3v) is 5.41. The summed E-state index contributed by atoms with van der Waals surface area (Å²) in [4.78, 5) is 12.8. The van der Waals surface area contributed by atoms with E-state index < -0.39 is 0 Å².